The second kappa shape index (κ2) is 6.70. The fourth-order valence-electron chi connectivity index (χ4n) is 2.76. The Hall–Kier alpha value is -2.54. The highest BCUT2D eigenvalue weighted by Gasteiger charge is 2.05. The van der Waals surface area contributed by atoms with Gasteiger partial charge in [-0.2, -0.15) is 0 Å². The fraction of sp³-hybridized carbons (Fsp3) is 0.182. The van der Waals surface area contributed by atoms with E-state index in [9.17, 15) is 5.11 Å². The number of benzene rings is 3. The van der Waals surface area contributed by atoms with Gasteiger partial charge in [0.25, 0.3) is 0 Å². The molecule has 0 heterocycles. The zero-order valence-electron chi connectivity index (χ0n) is 13.7. The molecule has 0 saturated heterocycles. The van der Waals surface area contributed by atoms with Gasteiger partial charge in [0.1, 0.15) is 5.75 Å². The van der Waals surface area contributed by atoms with Gasteiger partial charge in [0.2, 0.25) is 0 Å². The van der Waals surface area contributed by atoms with Crippen LogP contribution in [0, 0.1) is 13.8 Å². The number of aryl methyl sites for hydroxylation is 2. The van der Waals surface area contributed by atoms with Crippen LogP contribution in [0.15, 0.2) is 66.7 Å². The van der Waals surface area contributed by atoms with Crippen molar-refractivity contribution in [2.24, 2.45) is 0 Å². The molecule has 0 spiro atoms. The Balaban J connectivity index is 1.81. The van der Waals surface area contributed by atoms with E-state index in [1.807, 2.05) is 12.1 Å². The van der Waals surface area contributed by atoms with Gasteiger partial charge in [0, 0.05) is 6.42 Å². The first-order valence-corrected chi connectivity index (χ1v) is 8.02. The van der Waals surface area contributed by atoms with Crippen LogP contribution in [0.4, 0.5) is 0 Å². The molecule has 0 bridgehead atoms. The van der Waals surface area contributed by atoms with Crippen molar-refractivity contribution >= 4 is 0 Å². The van der Waals surface area contributed by atoms with Gasteiger partial charge in [-0.05, 0) is 48.6 Å². The lowest BCUT2D eigenvalue weighted by atomic mass is 9.98. The molecule has 3 rings (SSSR count). The number of aromatic hydroxyl groups is 1. The van der Waals surface area contributed by atoms with Gasteiger partial charge in [0.05, 0.1) is 0 Å². The minimum absolute atomic E-state index is 0.373. The molecule has 1 N–H and O–H groups in total. The smallest absolute Gasteiger partial charge is 0.119 e. The Morgan fingerprint density at radius 2 is 1.09 bits per heavy atom. The van der Waals surface area contributed by atoms with Gasteiger partial charge in [-0.3, -0.25) is 0 Å². The molecule has 0 saturated carbocycles. The van der Waals surface area contributed by atoms with Gasteiger partial charge >= 0.3 is 0 Å². The first-order valence-electron chi connectivity index (χ1n) is 8.02. The molecule has 116 valence electrons. The van der Waals surface area contributed by atoms with Crippen molar-refractivity contribution in [3.8, 4) is 5.75 Å². The van der Waals surface area contributed by atoms with Crippen LogP contribution in [0.5, 0.6) is 5.75 Å². The molecule has 0 aromatic heterocycles. The molecule has 23 heavy (non-hydrogen) atoms. The largest absolute Gasteiger partial charge is 0.508 e. The van der Waals surface area contributed by atoms with E-state index in [1.54, 1.807) is 0 Å². The third kappa shape index (κ3) is 4.01. The van der Waals surface area contributed by atoms with Crippen LogP contribution in [0.1, 0.15) is 33.4 Å². The van der Waals surface area contributed by atoms with Gasteiger partial charge < -0.3 is 5.11 Å². The molecule has 3 aromatic rings. The summed E-state index contributed by atoms with van der Waals surface area (Å²) >= 11 is 0. The average Bonchev–Trinajstić information content (AvgIpc) is 2.55. The molecule has 0 amide bonds. The third-order valence-corrected chi connectivity index (χ3v) is 4.19. The lowest BCUT2D eigenvalue weighted by Gasteiger charge is -2.09. The first-order chi connectivity index (χ1) is 11.1. The minimum atomic E-state index is 0.373. The maximum absolute atomic E-state index is 10.2. The summed E-state index contributed by atoms with van der Waals surface area (Å²) in [6, 6.07) is 23.0. The maximum atomic E-state index is 10.2. The molecule has 0 aliphatic rings. The van der Waals surface area contributed by atoms with Gasteiger partial charge in [0.15, 0.2) is 0 Å². The summed E-state index contributed by atoms with van der Waals surface area (Å²) in [6.45, 7) is 4.19. The summed E-state index contributed by atoms with van der Waals surface area (Å²) in [4.78, 5) is 0. The van der Waals surface area contributed by atoms with Crippen LogP contribution in [0.2, 0.25) is 0 Å². The van der Waals surface area contributed by atoms with Crippen molar-refractivity contribution in [1.29, 1.82) is 0 Å². The van der Waals surface area contributed by atoms with E-state index in [1.165, 1.54) is 27.8 Å². The van der Waals surface area contributed by atoms with Crippen molar-refractivity contribution in [3.05, 3.63) is 100 Å². The average molecular weight is 302 g/mol. The lowest BCUT2D eigenvalue weighted by Crippen LogP contribution is -1.94. The van der Waals surface area contributed by atoms with Crippen molar-refractivity contribution in [3.63, 3.8) is 0 Å². The van der Waals surface area contributed by atoms with E-state index in [2.05, 4.69) is 68.4 Å². The molecule has 0 fully saturated rings. The van der Waals surface area contributed by atoms with Crippen molar-refractivity contribution < 1.29 is 5.11 Å². The zero-order valence-corrected chi connectivity index (χ0v) is 13.7. The number of phenols is 1. The van der Waals surface area contributed by atoms with Crippen molar-refractivity contribution in [1.82, 2.24) is 0 Å². The summed E-state index contributed by atoms with van der Waals surface area (Å²) in [5.41, 5.74) is 7.26. The molecule has 0 aliphatic carbocycles. The monoisotopic (exact) mass is 302 g/mol. The van der Waals surface area contributed by atoms with Crippen molar-refractivity contribution in [2.45, 2.75) is 26.7 Å². The third-order valence-electron chi connectivity index (χ3n) is 4.19. The van der Waals surface area contributed by atoms with E-state index in [-0.39, 0.29) is 0 Å². The van der Waals surface area contributed by atoms with E-state index < -0.39 is 0 Å². The lowest BCUT2D eigenvalue weighted by molar-refractivity contribution is 0.469. The van der Waals surface area contributed by atoms with Crippen LogP contribution in [-0.2, 0) is 12.8 Å². The highest BCUT2D eigenvalue weighted by atomic mass is 16.3. The number of hydrogen-bond acceptors (Lipinski definition) is 1. The second-order valence-corrected chi connectivity index (χ2v) is 6.29. The van der Waals surface area contributed by atoms with Crippen molar-refractivity contribution in [2.75, 3.05) is 0 Å². The number of hydrogen-bond donors (Lipinski definition) is 1. The first kappa shape index (κ1) is 15.4. The van der Waals surface area contributed by atoms with E-state index in [4.69, 9.17) is 0 Å². The van der Waals surface area contributed by atoms with Crippen LogP contribution >= 0.6 is 0 Å². The van der Waals surface area contributed by atoms with E-state index in [0.717, 1.165) is 18.4 Å². The van der Waals surface area contributed by atoms with E-state index >= 15 is 0 Å². The molecule has 0 radical (unpaired) electrons. The summed E-state index contributed by atoms with van der Waals surface area (Å²) in [5, 5.41) is 10.2. The normalized spacial score (nSPS) is 10.7. The molecule has 0 aliphatic heterocycles. The molecular weight excluding hydrogens is 280 g/mol. The minimum Gasteiger partial charge on any atom is -0.508 e. The molecule has 1 nitrogen and oxygen atoms in total. The number of rotatable bonds is 4. The molecule has 0 atom stereocenters. The Labute approximate surface area is 138 Å². The van der Waals surface area contributed by atoms with Gasteiger partial charge in [-0.15, -0.1) is 0 Å². The predicted octanol–water partition coefficient (Wildman–Crippen LogP) is 5.19. The maximum Gasteiger partial charge on any atom is 0.119 e. The van der Waals surface area contributed by atoms with Crippen LogP contribution < -0.4 is 0 Å². The summed E-state index contributed by atoms with van der Waals surface area (Å²) < 4.78 is 0. The number of phenolic OH excluding ortho intramolecular Hbond substituents is 1. The highest BCUT2D eigenvalue weighted by Crippen LogP contribution is 2.23. The molecule has 1 heteroatoms. The van der Waals surface area contributed by atoms with Gasteiger partial charge in [-0.1, -0.05) is 71.8 Å². The zero-order chi connectivity index (χ0) is 16.2. The Morgan fingerprint density at radius 3 is 1.65 bits per heavy atom. The van der Waals surface area contributed by atoms with E-state index in [0.29, 0.717) is 5.75 Å². The summed E-state index contributed by atoms with van der Waals surface area (Å²) in [7, 11) is 0. The second-order valence-electron chi connectivity index (χ2n) is 6.29. The van der Waals surface area contributed by atoms with Crippen LogP contribution in [0.25, 0.3) is 0 Å². The topological polar surface area (TPSA) is 20.2 Å². The molecule has 0 unspecified atom stereocenters. The fourth-order valence-corrected chi connectivity index (χ4v) is 2.76. The Morgan fingerprint density at radius 1 is 0.609 bits per heavy atom. The quantitative estimate of drug-likeness (QED) is 0.703. The summed E-state index contributed by atoms with van der Waals surface area (Å²) in [5.74, 6) is 0.373. The van der Waals surface area contributed by atoms with Crippen LogP contribution in [-0.4, -0.2) is 5.11 Å². The molecule has 3 aromatic carbocycles. The highest BCUT2D eigenvalue weighted by molar-refractivity contribution is 5.41. The Bertz CT molecular complexity index is 783. The predicted molar refractivity (Wildman–Crippen MR) is 96.1 cm³/mol. The Kier molecular flexibility index (Phi) is 4.47. The summed E-state index contributed by atoms with van der Waals surface area (Å²) in [6.07, 6.45) is 1.65. The van der Waals surface area contributed by atoms with Crippen LogP contribution in [0.3, 0.4) is 0 Å². The SMILES string of the molecule is Cc1ccc(Cc2ccc(O)c(Cc3ccc(C)cc3)c2)cc1. The van der Waals surface area contributed by atoms with Gasteiger partial charge in [-0.25, -0.2) is 0 Å². The standard InChI is InChI=1S/C22H22O/c1-16-3-7-18(8-4-16)13-20-11-12-22(23)21(15-20)14-19-9-5-17(2)6-10-19/h3-12,15,23H,13-14H2,1-2H3. The molecular formula is C22H22O.